The molecule has 0 unspecified atom stereocenters. The lowest BCUT2D eigenvalue weighted by Crippen LogP contribution is -2.30. The average molecular weight is 296 g/mol. The Morgan fingerprint density at radius 2 is 2.05 bits per heavy atom. The Bertz CT molecular complexity index is 664. The van der Waals surface area contributed by atoms with Crippen molar-refractivity contribution in [2.24, 2.45) is 0 Å². The number of hydrogen-bond donors (Lipinski definition) is 1. The van der Waals surface area contributed by atoms with Gasteiger partial charge in [-0.2, -0.15) is 0 Å². The standard InChI is InChI=1S/C13H16N2O2S2/c1-3-15(11-7-6-10(2)12(14)9-11)19(16,17)13-5-4-8-18-13/h4-9H,3,14H2,1-2H3. The van der Waals surface area contributed by atoms with Crippen molar-refractivity contribution in [1.82, 2.24) is 0 Å². The number of aryl methyl sites for hydroxylation is 1. The quantitative estimate of drug-likeness (QED) is 0.882. The van der Waals surface area contributed by atoms with Crippen LogP contribution in [-0.2, 0) is 10.0 Å². The summed E-state index contributed by atoms with van der Waals surface area (Å²) in [5.74, 6) is 0. The van der Waals surface area contributed by atoms with E-state index in [0.717, 1.165) is 5.56 Å². The Balaban J connectivity index is 2.48. The van der Waals surface area contributed by atoms with Crippen molar-refractivity contribution >= 4 is 32.7 Å². The molecule has 1 heterocycles. The van der Waals surface area contributed by atoms with Gasteiger partial charge in [0.1, 0.15) is 4.21 Å². The Hall–Kier alpha value is -1.53. The summed E-state index contributed by atoms with van der Waals surface area (Å²) in [5.41, 5.74) is 7.99. The smallest absolute Gasteiger partial charge is 0.273 e. The second-order valence-corrected chi connectivity index (χ2v) is 7.18. The van der Waals surface area contributed by atoms with Crippen LogP contribution in [0.5, 0.6) is 0 Å². The van der Waals surface area contributed by atoms with Gasteiger partial charge in [0.05, 0.1) is 5.69 Å². The molecular formula is C13H16N2O2S2. The van der Waals surface area contributed by atoms with Gasteiger partial charge < -0.3 is 5.73 Å². The van der Waals surface area contributed by atoms with Gasteiger partial charge in [0.25, 0.3) is 10.0 Å². The minimum Gasteiger partial charge on any atom is -0.398 e. The van der Waals surface area contributed by atoms with E-state index in [4.69, 9.17) is 5.73 Å². The lowest BCUT2D eigenvalue weighted by atomic mass is 10.2. The van der Waals surface area contributed by atoms with Crippen LogP contribution in [0.2, 0.25) is 0 Å². The summed E-state index contributed by atoms with van der Waals surface area (Å²) in [5, 5.41) is 1.75. The number of anilines is 2. The number of hydrogen-bond acceptors (Lipinski definition) is 4. The molecule has 0 radical (unpaired) electrons. The molecular weight excluding hydrogens is 280 g/mol. The van der Waals surface area contributed by atoms with Crippen LogP contribution in [0.3, 0.4) is 0 Å². The Morgan fingerprint density at radius 3 is 2.58 bits per heavy atom. The van der Waals surface area contributed by atoms with Crippen molar-refractivity contribution in [2.45, 2.75) is 18.1 Å². The minimum absolute atomic E-state index is 0.341. The number of sulfonamides is 1. The number of nitrogens with zero attached hydrogens (tertiary/aromatic N) is 1. The highest BCUT2D eigenvalue weighted by Gasteiger charge is 2.24. The van der Waals surface area contributed by atoms with E-state index in [9.17, 15) is 8.42 Å². The molecule has 2 N–H and O–H groups in total. The molecule has 0 saturated heterocycles. The van der Waals surface area contributed by atoms with E-state index in [1.807, 2.05) is 13.0 Å². The molecule has 1 aromatic heterocycles. The second-order valence-electron chi connectivity index (χ2n) is 4.14. The lowest BCUT2D eigenvalue weighted by molar-refractivity contribution is 0.594. The largest absolute Gasteiger partial charge is 0.398 e. The molecule has 0 aliphatic carbocycles. The van der Waals surface area contributed by atoms with Crippen LogP contribution in [0.1, 0.15) is 12.5 Å². The zero-order valence-electron chi connectivity index (χ0n) is 10.8. The third kappa shape index (κ3) is 2.59. The first kappa shape index (κ1) is 13.9. The third-order valence-corrected chi connectivity index (χ3v) is 6.15. The van der Waals surface area contributed by atoms with Crippen LogP contribution in [-0.4, -0.2) is 15.0 Å². The Morgan fingerprint density at radius 1 is 1.32 bits per heavy atom. The predicted octanol–water partition coefficient (Wildman–Crippen LogP) is 2.85. The topological polar surface area (TPSA) is 63.4 Å². The number of rotatable bonds is 4. The van der Waals surface area contributed by atoms with Crippen LogP contribution in [0.15, 0.2) is 39.9 Å². The first-order valence-corrected chi connectivity index (χ1v) is 8.21. The summed E-state index contributed by atoms with van der Waals surface area (Å²) < 4.78 is 26.7. The molecule has 0 spiro atoms. The molecule has 0 saturated carbocycles. The molecule has 19 heavy (non-hydrogen) atoms. The monoisotopic (exact) mass is 296 g/mol. The molecule has 0 fully saturated rings. The Labute approximate surface area is 117 Å². The highest BCUT2D eigenvalue weighted by Crippen LogP contribution is 2.28. The molecule has 0 amide bonds. The summed E-state index contributed by atoms with van der Waals surface area (Å²) in [6, 6.07) is 8.65. The number of nitrogens with two attached hydrogens (primary N) is 1. The maximum Gasteiger partial charge on any atom is 0.273 e. The molecule has 0 aliphatic rings. The van der Waals surface area contributed by atoms with Gasteiger partial charge in [-0.05, 0) is 43.0 Å². The molecule has 0 atom stereocenters. The summed E-state index contributed by atoms with van der Waals surface area (Å²) >= 11 is 1.21. The van der Waals surface area contributed by atoms with Gasteiger partial charge in [-0.3, -0.25) is 4.31 Å². The van der Waals surface area contributed by atoms with Crippen molar-refractivity contribution in [3.8, 4) is 0 Å². The molecule has 0 bridgehead atoms. The third-order valence-electron chi connectivity index (χ3n) is 2.88. The number of nitrogen functional groups attached to an aromatic ring is 1. The molecule has 0 aliphatic heterocycles. The molecule has 6 heteroatoms. The number of thiophene rings is 1. The van der Waals surface area contributed by atoms with Crippen molar-refractivity contribution in [3.05, 3.63) is 41.3 Å². The van der Waals surface area contributed by atoms with Crippen LogP contribution in [0, 0.1) is 6.92 Å². The van der Waals surface area contributed by atoms with Gasteiger partial charge in [0.15, 0.2) is 0 Å². The van der Waals surface area contributed by atoms with E-state index in [-0.39, 0.29) is 0 Å². The lowest BCUT2D eigenvalue weighted by Gasteiger charge is -2.22. The fourth-order valence-corrected chi connectivity index (χ4v) is 4.36. The molecule has 2 rings (SSSR count). The van der Waals surface area contributed by atoms with Crippen molar-refractivity contribution in [3.63, 3.8) is 0 Å². The maximum absolute atomic E-state index is 12.5. The van der Waals surface area contributed by atoms with Crippen LogP contribution in [0.25, 0.3) is 0 Å². The van der Waals surface area contributed by atoms with Crippen LogP contribution >= 0.6 is 11.3 Å². The van der Waals surface area contributed by atoms with E-state index >= 15 is 0 Å². The predicted molar refractivity (Wildman–Crippen MR) is 80.1 cm³/mol. The first-order valence-electron chi connectivity index (χ1n) is 5.89. The normalized spacial score (nSPS) is 11.5. The van der Waals surface area contributed by atoms with E-state index in [2.05, 4.69) is 0 Å². The van der Waals surface area contributed by atoms with Gasteiger partial charge in [0, 0.05) is 12.2 Å². The van der Waals surface area contributed by atoms with Crippen LogP contribution < -0.4 is 10.0 Å². The molecule has 1 aromatic carbocycles. The SMILES string of the molecule is CCN(c1ccc(C)c(N)c1)S(=O)(=O)c1cccs1. The highest BCUT2D eigenvalue weighted by atomic mass is 32.2. The van der Waals surface area contributed by atoms with Gasteiger partial charge in [-0.15, -0.1) is 11.3 Å². The van der Waals surface area contributed by atoms with Crippen molar-refractivity contribution in [2.75, 3.05) is 16.6 Å². The van der Waals surface area contributed by atoms with Gasteiger partial charge >= 0.3 is 0 Å². The minimum atomic E-state index is -3.49. The van der Waals surface area contributed by atoms with Gasteiger partial charge in [-0.25, -0.2) is 8.42 Å². The summed E-state index contributed by atoms with van der Waals surface area (Å²) in [7, 11) is -3.49. The van der Waals surface area contributed by atoms with E-state index in [0.29, 0.717) is 22.1 Å². The van der Waals surface area contributed by atoms with E-state index in [1.165, 1.54) is 15.6 Å². The summed E-state index contributed by atoms with van der Waals surface area (Å²) in [6.07, 6.45) is 0. The molecule has 2 aromatic rings. The Kier molecular flexibility index (Phi) is 3.82. The fourth-order valence-electron chi connectivity index (χ4n) is 1.79. The fraction of sp³-hybridized carbons (Fsp3) is 0.231. The van der Waals surface area contributed by atoms with Crippen LogP contribution in [0.4, 0.5) is 11.4 Å². The summed E-state index contributed by atoms with van der Waals surface area (Å²) in [4.78, 5) is 0. The van der Waals surface area contributed by atoms with Crippen molar-refractivity contribution < 1.29 is 8.42 Å². The number of benzene rings is 1. The first-order chi connectivity index (χ1) is 8.96. The van der Waals surface area contributed by atoms with Gasteiger partial charge in [-0.1, -0.05) is 12.1 Å². The van der Waals surface area contributed by atoms with Crippen molar-refractivity contribution in [1.29, 1.82) is 0 Å². The highest BCUT2D eigenvalue weighted by molar-refractivity contribution is 7.94. The molecule has 4 nitrogen and oxygen atoms in total. The second kappa shape index (κ2) is 5.22. The average Bonchev–Trinajstić information content (AvgIpc) is 2.88. The maximum atomic E-state index is 12.5. The zero-order valence-corrected chi connectivity index (χ0v) is 12.5. The molecule has 102 valence electrons. The van der Waals surface area contributed by atoms with Gasteiger partial charge in [0.2, 0.25) is 0 Å². The van der Waals surface area contributed by atoms with E-state index < -0.39 is 10.0 Å². The van der Waals surface area contributed by atoms with E-state index in [1.54, 1.807) is 36.6 Å². The summed E-state index contributed by atoms with van der Waals surface area (Å²) in [6.45, 7) is 4.06. The zero-order chi connectivity index (χ0) is 14.0.